The van der Waals surface area contributed by atoms with Crippen LogP contribution in [-0.4, -0.2) is 16.0 Å². The highest BCUT2D eigenvalue weighted by Crippen LogP contribution is 2.31. The molecule has 1 heterocycles. The summed E-state index contributed by atoms with van der Waals surface area (Å²) in [7, 11) is -0.815. The summed E-state index contributed by atoms with van der Waals surface area (Å²) in [4.78, 5) is 1.01. The van der Waals surface area contributed by atoms with Gasteiger partial charge in [-0.25, -0.2) is 0 Å². The van der Waals surface area contributed by atoms with E-state index in [0.717, 1.165) is 10.6 Å². The molecule has 1 aromatic rings. The lowest BCUT2D eigenvalue weighted by atomic mass is 10.1. The molecule has 1 N–H and O–H groups in total. The summed E-state index contributed by atoms with van der Waals surface area (Å²) in [5, 5.41) is 3.46. The largest absolute Gasteiger partial charge is 0.307 e. The molecule has 1 aliphatic rings. The van der Waals surface area contributed by atoms with Gasteiger partial charge in [-0.3, -0.25) is 4.21 Å². The van der Waals surface area contributed by atoms with E-state index in [2.05, 4.69) is 32.2 Å². The Bertz CT molecular complexity index is 401. The Morgan fingerprint density at radius 2 is 2.20 bits per heavy atom. The zero-order chi connectivity index (χ0) is 11.0. The predicted molar refractivity (Wildman–Crippen MR) is 63.5 cm³/mol. The van der Waals surface area contributed by atoms with Crippen molar-refractivity contribution in [3.63, 3.8) is 0 Å². The summed E-state index contributed by atoms with van der Waals surface area (Å²) in [5.41, 5.74) is 2.46. The van der Waals surface area contributed by atoms with Crippen LogP contribution in [0, 0.1) is 6.92 Å². The predicted octanol–water partition coefficient (Wildman–Crippen LogP) is 2.16. The van der Waals surface area contributed by atoms with Crippen molar-refractivity contribution in [3.05, 3.63) is 29.3 Å². The number of fused-ring (bicyclic) bond motifs is 1. The quantitative estimate of drug-likeness (QED) is 0.832. The van der Waals surface area contributed by atoms with Crippen LogP contribution in [0.2, 0.25) is 0 Å². The van der Waals surface area contributed by atoms with Crippen LogP contribution >= 0.6 is 0 Å². The second kappa shape index (κ2) is 4.06. The van der Waals surface area contributed by atoms with E-state index in [0.29, 0.717) is 6.04 Å². The van der Waals surface area contributed by atoms with Crippen LogP contribution in [0.3, 0.4) is 0 Å². The van der Waals surface area contributed by atoms with Gasteiger partial charge in [-0.2, -0.15) is 0 Å². The van der Waals surface area contributed by atoms with E-state index < -0.39 is 10.8 Å². The molecule has 0 bridgehead atoms. The van der Waals surface area contributed by atoms with Gasteiger partial charge >= 0.3 is 0 Å². The molecule has 0 spiro atoms. The van der Waals surface area contributed by atoms with E-state index >= 15 is 0 Å². The number of nitrogens with one attached hydrogen (secondary N) is 1. The first-order valence-electron chi connectivity index (χ1n) is 5.33. The lowest BCUT2D eigenvalue weighted by Crippen LogP contribution is -2.28. The first kappa shape index (κ1) is 10.8. The van der Waals surface area contributed by atoms with Crippen LogP contribution in [0.5, 0.6) is 0 Å². The van der Waals surface area contributed by atoms with Crippen molar-refractivity contribution in [2.75, 3.05) is 5.75 Å². The van der Waals surface area contributed by atoms with Crippen molar-refractivity contribution >= 4 is 10.8 Å². The van der Waals surface area contributed by atoms with Crippen molar-refractivity contribution in [1.29, 1.82) is 0 Å². The highest BCUT2D eigenvalue weighted by atomic mass is 32.2. The number of rotatable bonds is 2. The molecule has 0 aliphatic carbocycles. The molecule has 3 heteroatoms. The van der Waals surface area contributed by atoms with Crippen LogP contribution in [0.4, 0.5) is 0 Å². The highest BCUT2D eigenvalue weighted by molar-refractivity contribution is 7.85. The van der Waals surface area contributed by atoms with Crippen molar-refractivity contribution < 1.29 is 4.21 Å². The average molecular weight is 223 g/mol. The molecule has 2 rings (SSSR count). The first-order chi connectivity index (χ1) is 7.08. The molecule has 2 unspecified atom stereocenters. The maximum absolute atomic E-state index is 11.8. The van der Waals surface area contributed by atoms with Gasteiger partial charge in [-0.05, 0) is 18.6 Å². The summed E-state index contributed by atoms with van der Waals surface area (Å²) < 4.78 is 11.8. The molecule has 0 saturated heterocycles. The molecule has 2 atom stereocenters. The summed E-state index contributed by atoms with van der Waals surface area (Å²) >= 11 is 0. The van der Waals surface area contributed by atoms with Gasteiger partial charge < -0.3 is 5.32 Å². The van der Waals surface area contributed by atoms with Crippen LogP contribution in [0.1, 0.15) is 31.0 Å². The molecular weight excluding hydrogens is 206 g/mol. The minimum Gasteiger partial charge on any atom is -0.307 e. The monoisotopic (exact) mass is 223 g/mol. The Balaban J connectivity index is 2.35. The van der Waals surface area contributed by atoms with Gasteiger partial charge in [0.2, 0.25) is 0 Å². The van der Waals surface area contributed by atoms with E-state index in [9.17, 15) is 4.21 Å². The molecule has 1 aliphatic heterocycles. The second-order valence-electron chi connectivity index (χ2n) is 4.43. The van der Waals surface area contributed by atoms with E-state index in [1.165, 1.54) is 11.1 Å². The van der Waals surface area contributed by atoms with Gasteiger partial charge in [-0.1, -0.05) is 31.5 Å². The third kappa shape index (κ3) is 2.13. The highest BCUT2D eigenvalue weighted by Gasteiger charge is 2.28. The molecular formula is C12H17NOS. The topological polar surface area (TPSA) is 29.1 Å². The van der Waals surface area contributed by atoms with Crippen molar-refractivity contribution in [2.45, 2.75) is 37.8 Å². The Labute approximate surface area is 93.5 Å². The smallest absolute Gasteiger partial charge is 0.0552 e. The SMILES string of the molecule is Cc1ccc2c(c1)C(NC(C)C)CS2=O. The van der Waals surface area contributed by atoms with Gasteiger partial charge in [0.25, 0.3) is 0 Å². The fraction of sp³-hybridized carbons (Fsp3) is 0.500. The van der Waals surface area contributed by atoms with Crippen LogP contribution in [-0.2, 0) is 10.8 Å². The van der Waals surface area contributed by atoms with Crippen molar-refractivity contribution in [1.82, 2.24) is 5.32 Å². The van der Waals surface area contributed by atoms with E-state index in [4.69, 9.17) is 0 Å². The standard InChI is InChI=1S/C12H17NOS/c1-8(2)13-11-7-15(14)12-5-4-9(3)6-10(11)12/h4-6,8,11,13H,7H2,1-3H3. The molecule has 15 heavy (non-hydrogen) atoms. The Hall–Kier alpha value is -0.670. The molecule has 0 radical (unpaired) electrons. The number of hydrogen-bond donors (Lipinski definition) is 1. The second-order valence-corrected chi connectivity index (χ2v) is 5.89. The van der Waals surface area contributed by atoms with Gasteiger partial charge in [0, 0.05) is 22.7 Å². The van der Waals surface area contributed by atoms with Crippen LogP contribution in [0.25, 0.3) is 0 Å². The summed E-state index contributed by atoms with van der Waals surface area (Å²) in [6, 6.07) is 6.89. The molecule has 0 fully saturated rings. The summed E-state index contributed by atoms with van der Waals surface area (Å²) in [5.74, 6) is 0.719. The fourth-order valence-corrected chi connectivity index (χ4v) is 3.46. The number of benzene rings is 1. The minimum atomic E-state index is -0.815. The number of aryl methyl sites for hydroxylation is 1. The molecule has 0 saturated carbocycles. The lowest BCUT2D eigenvalue weighted by Gasteiger charge is -2.16. The van der Waals surface area contributed by atoms with Crippen molar-refractivity contribution in [3.8, 4) is 0 Å². The van der Waals surface area contributed by atoms with Crippen LogP contribution in [0.15, 0.2) is 23.1 Å². The van der Waals surface area contributed by atoms with Crippen LogP contribution < -0.4 is 5.32 Å². The van der Waals surface area contributed by atoms with Gasteiger partial charge in [0.15, 0.2) is 0 Å². The third-order valence-electron chi connectivity index (χ3n) is 2.64. The maximum Gasteiger partial charge on any atom is 0.0552 e. The van der Waals surface area contributed by atoms with E-state index in [1.54, 1.807) is 0 Å². The molecule has 2 nitrogen and oxygen atoms in total. The first-order valence-corrected chi connectivity index (χ1v) is 6.65. The van der Waals surface area contributed by atoms with Crippen molar-refractivity contribution in [2.24, 2.45) is 0 Å². The zero-order valence-corrected chi connectivity index (χ0v) is 10.2. The number of hydrogen-bond acceptors (Lipinski definition) is 2. The Morgan fingerprint density at radius 1 is 1.47 bits per heavy atom. The molecule has 0 aromatic heterocycles. The minimum absolute atomic E-state index is 0.265. The molecule has 0 amide bonds. The average Bonchev–Trinajstić information content (AvgIpc) is 2.42. The van der Waals surface area contributed by atoms with Gasteiger partial charge in [-0.15, -0.1) is 0 Å². The normalized spacial score (nSPS) is 24.5. The summed E-state index contributed by atoms with van der Waals surface area (Å²) in [6.45, 7) is 6.32. The fourth-order valence-electron chi connectivity index (χ4n) is 2.02. The lowest BCUT2D eigenvalue weighted by molar-refractivity contribution is 0.511. The zero-order valence-electron chi connectivity index (χ0n) is 9.41. The van der Waals surface area contributed by atoms with Gasteiger partial charge in [0.1, 0.15) is 0 Å². The van der Waals surface area contributed by atoms with E-state index in [1.807, 2.05) is 12.1 Å². The van der Waals surface area contributed by atoms with Gasteiger partial charge in [0.05, 0.1) is 10.8 Å². The third-order valence-corrected chi connectivity index (χ3v) is 4.14. The Kier molecular flexibility index (Phi) is 2.94. The summed E-state index contributed by atoms with van der Waals surface area (Å²) in [6.07, 6.45) is 0. The Morgan fingerprint density at radius 3 is 2.87 bits per heavy atom. The maximum atomic E-state index is 11.8. The van der Waals surface area contributed by atoms with E-state index in [-0.39, 0.29) is 6.04 Å². The molecule has 82 valence electrons. The molecule has 1 aromatic carbocycles.